The predicted octanol–water partition coefficient (Wildman–Crippen LogP) is 2.87. The number of hydrogen-bond acceptors (Lipinski definition) is 2. The third kappa shape index (κ3) is 3.74. The zero-order valence-corrected chi connectivity index (χ0v) is 11.6. The molecule has 2 atom stereocenters. The Labute approximate surface area is 102 Å². The highest BCUT2D eigenvalue weighted by atomic mass is 15.2. The fourth-order valence-electron chi connectivity index (χ4n) is 3.02. The third-order valence-electron chi connectivity index (χ3n) is 4.07. The largest absolute Gasteiger partial charge is 0.329 e. The van der Waals surface area contributed by atoms with Crippen molar-refractivity contribution in [2.24, 2.45) is 17.6 Å². The normalized spacial score (nSPS) is 27.8. The van der Waals surface area contributed by atoms with Gasteiger partial charge in [0.15, 0.2) is 0 Å². The Hall–Kier alpha value is -0.0800. The fourth-order valence-corrected chi connectivity index (χ4v) is 3.02. The molecule has 2 N–H and O–H groups in total. The van der Waals surface area contributed by atoms with Crippen LogP contribution in [-0.4, -0.2) is 30.1 Å². The van der Waals surface area contributed by atoms with E-state index in [1.54, 1.807) is 0 Å². The molecule has 0 aromatic heterocycles. The Balaban J connectivity index is 2.63. The second kappa shape index (κ2) is 6.02. The van der Waals surface area contributed by atoms with Gasteiger partial charge in [-0.1, -0.05) is 20.8 Å². The molecule has 2 unspecified atom stereocenters. The fraction of sp³-hybridized carbons (Fsp3) is 1.00. The smallest absolute Gasteiger partial charge is 0.0306 e. The lowest BCUT2D eigenvalue weighted by Crippen LogP contribution is -2.52. The zero-order valence-electron chi connectivity index (χ0n) is 11.6. The summed E-state index contributed by atoms with van der Waals surface area (Å²) >= 11 is 0. The molecule has 96 valence electrons. The van der Waals surface area contributed by atoms with E-state index in [1.165, 1.54) is 38.8 Å². The van der Waals surface area contributed by atoms with Gasteiger partial charge in [0, 0.05) is 12.1 Å². The molecule has 1 rings (SSSR count). The van der Waals surface area contributed by atoms with Crippen LogP contribution in [0.5, 0.6) is 0 Å². The Morgan fingerprint density at radius 2 is 2.00 bits per heavy atom. The second-order valence-electron chi connectivity index (χ2n) is 6.32. The minimum absolute atomic E-state index is 0.220. The van der Waals surface area contributed by atoms with E-state index in [9.17, 15) is 0 Å². The van der Waals surface area contributed by atoms with Crippen molar-refractivity contribution < 1.29 is 0 Å². The summed E-state index contributed by atoms with van der Waals surface area (Å²) in [6, 6.07) is 0. The van der Waals surface area contributed by atoms with Crippen LogP contribution in [0.2, 0.25) is 0 Å². The highest BCUT2D eigenvalue weighted by Crippen LogP contribution is 2.27. The number of likely N-dealkylation sites (tertiary alicyclic amines) is 1. The van der Waals surface area contributed by atoms with Crippen molar-refractivity contribution in [3.63, 3.8) is 0 Å². The predicted molar refractivity (Wildman–Crippen MR) is 71.5 cm³/mol. The highest BCUT2D eigenvalue weighted by Gasteiger charge is 2.31. The van der Waals surface area contributed by atoms with Gasteiger partial charge in [0.2, 0.25) is 0 Å². The number of nitrogens with zero attached hydrogens (tertiary/aromatic N) is 1. The maximum atomic E-state index is 6.03. The average molecular weight is 226 g/mol. The van der Waals surface area contributed by atoms with E-state index in [1.807, 2.05) is 0 Å². The van der Waals surface area contributed by atoms with Crippen molar-refractivity contribution in [1.29, 1.82) is 0 Å². The molecule has 1 heterocycles. The van der Waals surface area contributed by atoms with Crippen molar-refractivity contribution in [1.82, 2.24) is 4.90 Å². The molecule has 1 saturated heterocycles. The monoisotopic (exact) mass is 226 g/mol. The minimum Gasteiger partial charge on any atom is -0.329 e. The standard InChI is InChI=1S/C14H30N2/c1-12(2)10-14(4,11-15)16-8-5-6-13(3)7-9-16/h12-13H,5-11,15H2,1-4H3. The molecule has 16 heavy (non-hydrogen) atoms. The highest BCUT2D eigenvalue weighted by molar-refractivity contribution is 4.89. The van der Waals surface area contributed by atoms with Crippen LogP contribution in [0, 0.1) is 11.8 Å². The molecule has 0 spiro atoms. The lowest BCUT2D eigenvalue weighted by Gasteiger charge is -2.41. The van der Waals surface area contributed by atoms with E-state index in [0.29, 0.717) is 0 Å². The van der Waals surface area contributed by atoms with E-state index in [2.05, 4.69) is 32.6 Å². The van der Waals surface area contributed by atoms with E-state index in [0.717, 1.165) is 18.4 Å². The Morgan fingerprint density at radius 1 is 1.31 bits per heavy atom. The zero-order chi connectivity index (χ0) is 12.2. The molecule has 1 aliphatic rings. The molecule has 1 aliphatic heterocycles. The van der Waals surface area contributed by atoms with Crippen molar-refractivity contribution in [3.8, 4) is 0 Å². The van der Waals surface area contributed by atoms with Gasteiger partial charge in [-0.05, 0) is 57.5 Å². The summed E-state index contributed by atoms with van der Waals surface area (Å²) in [5.41, 5.74) is 6.25. The van der Waals surface area contributed by atoms with Gasteiger partial charge in [-0.2, -0.15) is 0 Å². The third-order valence-corrected chi connectivity index (χ3v) is 4.07. The summed E-state index contributed by atoms with van der Waals surface area (Å²) in [7, 11) is 0. The van der Waals surface area contributed by atoms with Crippen molar-refractivity contribution in [2.75, 3.05) is 19.6 Å². The van der Waals surface area contributed by atoms with E-state index in [-0.39, 0.29) is 5.54 Å². The molecule has 2 heteroatoms. The summed E-state index contributed by atoms with van der Waals surface area (Å²) in [6.45, 7) is 12.6. The van der Waals surface area contributed by atoms with Crippen LogP contribution in [0.3, 0.4) is 0 Å². The maximum Gasteiger partial charge on any atom is 0.0306 e. The van der Waals surface area contributed by atoms with Crippen molar-refractivity contribution in [2.45, 2.75) is 58.9 Å². The second-order valence-corrected chi connectivity index (χ2v) is 6.32. The number of hydrogen-bond donors (Lipinski definition) is 1. The van der Waals surface area contributed by atoms with Crippen LogP contribution >= 0.6 is 0 Å². The summed E-state index contributed by atoms with van der Waals surface area (Å²) < 4.78 is 0. The van der Waals surface area contributed by atoms with Gasteiger partial charge in [-0.15, -0.1) is 0 Å². The Kier molecular flexibility index (Phi) is 5.26. The molecular formula is C14H30N2. The number of nitrogens with two attached hydrogens (primary N) is 1. The van der Waals surface area contributed by atoms with Gasteiger partial charge < -0.3 is 5.73 Å². The molecule has 1 fully saturated rings. The molecule has 0 saturated carbocycles. The Morgan fingerprint density at radius 3 is 2.56 bits per heavy atom. The topological polar surface area (TPSA) is 29.3 Å². The Bertz CT molecular complexity index is 203. The molecule has 0 radical (unpaired) electrons. The summed E-state index contributed by atoms with van der Waals surface area (Å²) in [4.78, 5) is 2.65. The van der Waals surface area contributed by atoms with Gasteiger partial charge in [0.1, 0.15) is 0 Å². The molecule has 0 aliphatic carbocycles. The first-order chi connectivity index (χ1) is 7.48. The van der Waals surface area contributed by atoms with Crippen molar-refractivity contribution in [3.05, 3.63) is 0 Å². The lowest BCUT2D eigenvalue weighted by molar-refractivity contribution is 0.0919. The van der Waals surface area contributed by atoms with Crippen LogP contribution in [0.25, 0.3) is 0 Å². The van der Waals surface area contributed by atoms with E-state index >= 15 is 0 Å². The quantitative estimate of drug-likeness (QED) is 0.798. The van der Waals surface area contributed by atoms with Crippen LogP contribution in [-0.2, 0) is 0 Å². The van der Waals surface area contributed by atoms with Crippen LogP contribution in [0.4, 0.5) is 0 Å². The van der Waals surface area contributed by atoms with Crippen LogP contribution < -0.4 is 5.73 Å². The molecule has 0 aromatic carbocycles. The van der Waals surface area contributed by atoms with Crippen LogP contribution in [0.1, 0.15) is 53.4 Å². The summed E-state index contributed by atoms with van der Waals surface area (Å²) in [5.74, 6) is 1.63. The molecule has 0 bridgehead atoms. The average Bonchev–Trinajstić information content (AvgIpc) is 2.42. The van der Waals surface area contributed by atoms with Gasteiger partial charge in [-0.3, -0.25) is 4.90 Å². The lowest BCUT2D eigenvalue weighted by atomic mass is 9.88. The van der Waals surface area contributed by atoms with Gasteiger partial charge in [0.05, 0.1) is 0 Å². The molecule has 2 nitrogen and oxygen atoms in total. The van der Waals surface area contributed by atoms with E-state index < -0.39 is 0 Å². The first kappa shape index (κ1) is 14.0. The van der Waals surface area contributed by atoms with E-state index in [4.69, 9.17) is 5.73 Å². The molecular weight excluding hydrogens is 196 g/mol. The van der Waals surface area contributed by atoms with Crippen LogP contribution in [0.15, 0.2) is 0 Å². The van der Waals surface area contributed by atoms with Gasteiger partial charge in [-0.25, -0.2) is 0 Å². The summed E-state index contributed by atoms with van der Waals surface area (Å²) in [6.07, 6.45) is 5.29. The first-order valence-electron chi connectivity index (χ1n) is 6.93. The van der Waals surface area contributed by atoms with Gasteiger partial charge >= 0.3 is 0 Å². The first-order valence-corrected chi connectivity index (χ1v) is 6.93. The molecule has 0 aromatic rings. The summed E-state index contributed by atoms with van der Waals surface area (Å²) in [5, 5.41) is 0. The van der Waals surface area contributed by atoms with Crippen molar-refractivity contribution >= 4 is 0 Å². The minimum atomic E-state index is 0.220. The number of rotatable bonds is 4. The molecule has 0 amide bonds. The maximum absolute atomic E-state index is 6.03. The SMILES string of the molecule is CC(C)CC(C)(CN)N1CCCC(C)CC1. The van der Waals surface area contributed by atoms with Gasteiger partial charge in [0.25, 0.3) is 0 Å².